The largest absolute Gasteiger partial charge is 0.481 e. The Labute approximate surface area is 189 Å². The first-order chi connectivity index (χ1) is 15.1. The van der Waals surface area contributed by atoms with Crippen molar-refractivity contribution in [2.45, 2.75) is 12.8 Å². The highest BCUT2D eigenvalue weighted by Crippen LogP contribution is 2.29. The monoisotopic (exact) mass is 475 g/mol. The molecule has 0 aliphatic heterocycles. The molecule has 1 aromatic heterocycles. The van der Waals surface area contributed by atoms with Crippen LogP contribution in [-0.2, 0) is 11.2 Å². The van der Waals surface area contributed by atoms with Crippen LogP contribution in [0.1, 0.15) is 12.0 Å². The molecule has 0 radical (unpaired) electrons. The number of carboxylic acid groups (broad SMARTS) is 1. The number of carboxylic acids is 1. The summed E-state index contributed by atoms with van der Waals surface area (Å²) in [6, 6.07) is 25.9. The van der Waals surface area contributed by atoms with Crippen molar-refractivity contribution in [3.63, 3.8) is 0 Å². The van der Waals surface area contributed by atoms with Crippen LogP contribution in [0, 0.1) is 0 Å². The summed E-state index contributed by atoms with van der Waals surface area (Å²) in [5.41, 5.74) is 2.94. The van der Waals surface area contributed by atoms with Gasteiger partial charge >= 0.3 is 5.97 Å². The Balaban J connectivity index is 1.77. The first kappa shape index (κ1) is 21.0. The van der Waals surface area contributed by atoms with Crippen molar-refractivity contribution in [2.75, 3.05) is 18.0 Å². The van der Waals surface area contributed by atoms with Gasteiger partial charge in [-0.15, -0.1) is 0 Å². The predicted octanol–water partition coefficient (Wildman–Crippen LogP) is 5.58. The zero-order valence-corrected chi connectivity index (χ0v) is 18.5. The molecule has 0 aliphatic rings. The molecule has 0 saturated carbocycles. The van der Waals surface area contributed by atoms with Crippen molar-refractivity contribution in [2.24, 2.45) is 0 Å². The van der Waals surface area contributed by atoms with Gasteiger partial charge < -0.3 is 10.0 Å². The van der Waals surface area contributed by atoms with E-state index >= 15 is 0 Å². The number of aliphatic carboxylic acids is 1. The van der Waals surface area contributed by atoms with Crippen LogP contribution >= 0.6 is 15.9 Å². The number of halogens is 1. The van der Waals surface area contributed by atoms with Gasteiger partial charge in [-0.2, -0.15) is 0 Å². The van der Waals surface area contributed by atoms with E-state index in [0.717, 1.165) is 33.2 Å². The summed E-state index contributed by atoms with van der Waals surface area (Å²) in [7, 11) is 0. The first-order valence-corrected chi connectivity index (χ1v) is 10.9. The summed E-state index contributed by atoms with van der Waals surface area (Å²) in [5, 5.41) is 10.2. The van der Waals surface area contributed by atoms with Gasteiger partial charge in [0.05, 0.1) is 11.9 Å². The molecule has 6 heteroatoms. The third-order valence-corrected chi connectivity index (χ3v) is 5.57. The molecule has 3 aromatic carbocycles. The molecule has 0 fully saturated rings. The predicted molar refractivity (Wildman–Crippen MR) is 127 cm³/mol. The summed E-state index contributed by atoms with van der Waals surface area (Å²) in [6.45, 7) is 1.04. The van der Waals surface area contributed by atoms with Gasteiger partial charge in [-0.3, -0.25) is 4.79 Å². The van der Waals surface area contributed by atoms with E-state index in [9.17, 15) is 9.90 Å². The Morgan fingerprint density at radius 2 is 1.68 bits per heavy atom. The molecule has 0 unspecified atom stereocenters. The van der Waals surface area contributed by atoms with Crippen molar-refractivity contribution in [3.05, 3.63) is 88.9 Å². The molecule has 4 aromatic rings. The molecule has 0 saturated heterocycles. The van der Waals surface area contributed by atoms with Crippen LogP contribution < -0.4 is 4.90 Å². The smallest absolute Gasteiger partial charge is 0.305 e. The van der Waals surface area contributed by atoms with E-state index in [2.05, 4.69) is 33.0 Å². The summed E-state index contributed by atoms with van der Waals surface area (Å²) in [6.07, 6.45) is 0.838. The lowest BCUT2D eigenvalue weighted by Crippen LogP contribution is -2.29. The third kappa shape index (κ3) is 5.27. The number of hydrogen-bond donors (Lipinski definition) is 1. The van der Waals surface area contributed by atoms with Gasteiger partial charge in [0.1, 0.15) is 5.82 Å². The molecule has 31 heavy (non-hydrogen) atoms. The Morgan fingerprint density at radius 3 is 2.45 bits per heavy atom. The summed E-state index contributed by atoms with van der Waals surface area (Å²) < 4.78 is 0.954. The molecule has 0 bridgehead atoms. The molecule has 156 valence electrons. The van der Waals surface area contributed by atoms with Crippen LogP contribution in [0.3, 0.4) is 0 Å². The van der Waals surface area contributed by atoms with E-state index in [0.29, 0.717) is 18.9 Å². The summed E-state index contributed by atoms with van der Waals surface area (Å²) >= 11 is 3.52. The molecule has 0 amide bonds. The Morgan fingerprint density at radius 1 is 0.903 bits per heavy atom. The van der Waals surface area contributed by atoms with Crippen molar-refractivity contribution in [3.8, 4) is 11.4 Å². The van der Waals surface area contributed by atoms with Gasteiger partial charge in [-0.25, -0.2) is 9.97 Å². The second-order valence-corrected chi connectivity index (χ2v) is 8.18. The quantitative estimate of drug-likeness (QED) is 0.360. The minimum Gasteiger partial charge on any atom is -0.481 e. The summed E-state index contributed by atoms with van der Waals surface area (Å²) in [4.78, 5) is 23.1. The Kier molecular flexibility index (Phi) is 6.57. The van der Waals surface area contributed by atoms with Crippen LogP contribution in [0.4, 0.5) is 5.82 Å². The second-order valence-electron chi connectivity index (χ2n) is 7.26. The van der Waals surface area contributed by atoms with Gasteiger partial charge in [0.25, 0.3) is 0 Å². The first-order valence-electron chi connectivity index (χ1n) is 10.1. The fraction of sp³-hybridized carbons (Fsp3) is 0.160. The fourth-order valence-corrected chi connectivity index (χ4v) is 3.92. The number of carbonyl (C=O) groups is 1. The molecule has 5 nitrogen and oxygen atoms in total. The van der Waals surface area contributed by atoms with Gasteiger partial charge in [-0.1, -0.05) is 70.5 Å². The lowest BCUT2D eigenvalue weighted by molar-refractivity contribution is -0.136. The van der Waals surface area contributed by atoms with Crippen LogP contribution in [0.2, 0.25) is 0 Å². The molecule has 1 heterocycles. The van der Waals surface area contributed by atoms with Crippen molar-refractivity contribution in [1.82, 2.24) is 9.97 Å². The maximum Gasteiger partial charge on any atom is 0.305 e. The fourth-order valence-electron chi connectivity index (χ4n) is 3.52. The second kappa shape index (κ2) is 9.71. The van der Waals surface area contributed by atoms with E-state index < -0.39 is 5.97 Å². The lowest BCUT2D eigenvalue weighted by atomic mass is 10.1. The van der Waals surface area contributed by atoms with Gasteiger partial charge in [0.15, 0.2) is 5.82 Å². The zero-order valence-electron chi connectivity index (χ0n) is 16.9. The van der Waals surface area contributed by atoms with E-state index in [4.69, 9.17) is 9.97 Å². The standard InChI is InChI=1S/C25H22BrN3O2/c26-20-10-6-9-19(17-20)24-27-22-12-5-4-11-21(22)25(28-24)29(16-14-23(30)31)15-13-18-7-2-1-3-8-18/h1-12,17H,13-16H2,(H,30,31). The van der Waals surface area contributed by atoms with E-state index in [1.165, 1.54) is 5.56 Å². The molecule has 1 N–H and O–H groups in total. The number of hydrogen-bond acceptors (Lipinski definition) is 4. The van der Waals surface area contributed by atoms with Crippen LogP contribution in [-0.4, -0.2) is 34.1 Å². The van der Waals surface area contributed by atoms with Gasteiger partial charge in [0, 0.05) is 28.5 Å². The Bertz CT molecular complexity index is 1200. The highest BCUT2D eigenvalue weighted by molar-refractivity contribution is 9.10. The van der Waals surface area contributed by atoms with Crippen molar-refractivity contribution in [1.29, 1.82) is 0 Å². The normalized spacial score (nSPS) is 10.9. The number of nitrogens with zero attached hydrogens (tertiary/aromatic N) is 3. The number of aromatic nitrogens is 2. The van der Waals surface area contributed by atoms with Gasteiger partial charge in [-0.05, 0) is 36.2 Å². The number of para-hydroxylation sites is 1. The highest BCUT2D eigenvalue weighted by Gasteiger charge is 2.17. The third-order valence-electron chi connectivity index (χ3n) is 5.07. The molecule has 0 spiro atoms. The highest BCUT2D eigenvalue weighted by atomic mass is 79.9. The maximum atomic E-state index is 11.3. The molecule has 0 aliphatic carbocycles. The zero-order chi connectivity index (χ0) is 21.6. The van der Waals surface area contributed by atoms with E-state index in [1.807, 2.05) is 66.7 Å². The minimum absolute atomic E-state index is 0.0410. The average molecular weight is 476 g/mol. The molecular formula is C25H22BrN3O2. The van der Waals surface area contributed by atoms with Crippen LogP contribution in [0.5, 0.6) is 0 Å². The van der Waals surface area contributed by atoms with Crippen molar-refractivity contribution < 1.29 is 9.90 Å². The topological polar surface area (TPSA) is 66.3 Å². The maximum absolute atomic E-state index is 11.3. The number of rotatable bonds is 8. The molecular weight excluding hydrogens is 454 g/mol. The van der Waals surface area contributed by atoms with Crippen LogP contribution in [0.15, 0.2) is 83.3 Å². The molecule has 4 rings (SSSR count). The van der Waals surface area contributed by atoms with Gasteiger partial charge in [0.2, 0.25) is 0 Å². The molecule has 0 atom stereocenters. The minimum atomic E-state index is -0.824. The average Bonchev–Trinajstić information content (AvgIpc) is 2.79. The van der Waals surface area contributed by atoms with E-state index in [-0.39, 0.29) is 6.42 Å². The number of benzene rings is 3. The SMILES string of the molecule is O=C(O)CCN(CCc1ccccc1)c1nc(-c2cccc(Br)c2)nc2ccccc12. The number of fused-ring (bicyclic) bond motifs is 1. The number of anilines is 1. The van der Waals surface area contributed by atoms with E-state index in [1.54, 1.807) is 0 Å². The lowest BCUT2D eigenvalue weighted by Gasteiger charge is -2.25. The van der Waals surface area contributed by atoms with Crippen molar-refractivity contribution >= 4 is 38.6 Å². The van der Waals surface area contributed by atoms with Crippen LogP contribution in [0.25, 0.3) is 22.3 Å². The summed E-state index contributed by atoms with van der Waals surface area (Å²) in [5.74, 6) is 0.558. The Hall–Kier alpha value is -3.25.